The lowest BCUT2D eigenvalue weighted by molar-refractivity contribution is 1.19. The largest absolute Gasteiger partial charge is 0.198 e. The molecule has 0 atom stereocenters. The number of benzene rings is 3. The van der Waals surface area contributed by atoms with E-state index in [1.165, 1.54) is 0 Å². The summed E-state index contributed by atoms with van der Waals surface area (Å²) in [7, 11) is 0. The first kappa shape index (κ1) is 12.2. The summed E-state index contributed by atoms with van der Waals surface area (Å²) in [6.07, 6.45) is 0.671. The topological polar surface area (TPSA) is 47.6 Å². The molecule has 0 fully saturated rings. The van der Waals surface area contributed by atoms with E-state index in [1.54, 1.807) is 0 Å². The van der Waals surface area contributed by atoms with Crippen LogP contribution in [0.1, 0.15) is 11.1 Å². The van der Waals surface area contributed by atoms with Gasteiger partial charge in [-0.3, -0.25) is 0 Å². The van der Waals surface area contributed by atoms with Gasteiger partial charge >= 0.3 is 0 Å². The molecule has 0 saturated heterocycles. The molecular weight excluding hydrogens is 244 g/mol. The van der Waals surface area contributed by atoms with Crippen molar-refractivity contribution in [3.8, 4) is 12.1 Å². The first-order valence-electron chi connectivity index (χ1n) is 6.52. The number of fused-ring (bicyclic) bond motifs is 3. The van der Waals surface area contributed by atoms with E-state index < -0.39 is 0 Å². The van der Waals surface area contributed by atoms with Gasteiger partial charge in [0, 0.05) is 0 Å². The van der Waals surface area contributed by atoms with E-state index in [2.05, 4.69) is 24.3 Å². The lowest BCUT2D eigenvalue weighted by Crippen LogP contribution is -1.97. The fourth-order valence-corrected chi connectivity index (χ4v) is 2.85. The van der Waals surface area contributed by atoms with Gasteiger partial charge in [0.1, 0.15) is 0 Å². The van der Waals surface area contributed by atoms with Gasteiger partial charge in [-0.05, 0) is 32.7 Å². The summed E-state index contributed by atoms with van der Waals surface area (Å²) < 4.78 is 0. The molecule has 0 aliphatic heterocycles. The van der Waals surface area contributed by atoms with Crippen molar-refractivity contribution >= 4 is 21.5 Å². The number of nitriles is 2. The van der Waals surface area contributed by atoms with Crippen molar-refractivity contribution in [2.24, 2.45) is 0 Å². The van der Waals surface area contributed by atoms with Gasteiger partial charge in [0.15, 0.2) is 0 Å². The first-order chi connectivity index (χ1) is 9.86. The highest BCUT2D eigenvalue weighted by molar-refractivity contribution is 6.10. The Morgan fingerprint density at radius 2 is 0.950 bits per heavy atom. The Morgan fingerprint density at radius 3 is 1.30 bits per heavy atom. The van der Waals surface area contributed by atoms with Gasteiger partial charge in [0.25, 0.3) is 0 Å². The van der Waals surface area contributed by atoms with Crippen LogP contribution in [0.2, 0.25) is 0 Å². The molecule has 0 aliphatic rings. The second-order valence-electron chi connectivity index (χ2n) is 4.72. The number of hydrogen-bond acceptors (Lipinski definition) is 2. The van der Waals surface area contributed by atoms with Gasteiger partial charge < -0.3 is 0 Å². The summed E-state index contributed by atoms with van der Waals surface area (Å²) in [5.74, 6) is 0. The van der Waals surface area contributed by atoms with Crippen LogP contribution < -0.4 is 0 Å². The van der Waals surface area contributed by atoms with Crippen molar-refractivity contribution in [3.05, 3.63) is 59.7 Å². The predicted octanol–water partition coefficient (Wildman–Crippen LogP) is 4.13. The van der Waals surface area contributed by atoms with Crippen molar-refractivity contribution in [1.82, 2.24) is 0 Å². The number of nitrogens with zero attached hydrogens (tertiary/aromatic N) is 2. The van der Waals surface area contributed by atoms with Crippen LogP contribution in [0.25, 0.3) is 21.5 Å². The third-order valence-corrected chi connectivity index (χ3v) is 3.67. The molecule has 0 N–H and O–H groups in total. The van der Waals surface area contributed by atoms with E-state index in [0.29, 0.717) is 12.8 Å². The molecule has 3 aromatic carbocycles. The Kier molecular flexibility index (Phi) is 3.07. The van der Waals surface area contributed by atoms with E-state index in [4.69, 9.17) is 10.5 Å². The molecule has 0 unspecified atom stereocenters. The van der Waals surface area contributed by atoms with Crippen LogP contribution in [-0.4, -0.2) is 0 Å². The molecule has 94 valence electrons. The molecular formula is C18H12N2. The quantitative estimate of drug-likeness (QED) is 0.647. The smallest absolute Gasteiger partial charge is 0.0670 e. The maximum atomic E-state index is 9.11. The van der Waals surface area contributed by atoms with Gasteiger partial charge in [0.2, 0.25) is 0 Å². The summed E-state index contributed by atoms with van der Waals surface area (Å²) in [5, 5.41) is 22.7. The van der Waals surface area contributed by atoms with Crippen LogP contribution in [0.15, 0.2) is 48.5 Å². The zero-order valence-corrected chi connectivity index (χ0v) is 10.9. The number of hydrogen-bond donors (Lipinski definition) is 0. The van der Waals surface area contributed by atoms with Crippen molar-refractivity contribution in [3.63, 3.8) is 0 Å². The lowest BCUT2D eigenvalue weighted by atomic mass is 9.89. The van der Waals surface area contributed by atoms with E-state index in [9.17, 15) is 0 Å². The van der Waals surface area contributed by atoms with E-state index in [0.717, 1.165) is 32.7 Å². The highest BCUT2D eigenvalue weighted by atomic mass is 14.3. The van der Waals surface area contributed by atoms with Crippen LogP contribution >= 0.6 is 0 Å². The monoisotopic (exact) mass is 256 g/mol. The van der Waals surface area contributed by atoms with Crippen LogP contribution in [0, 0.1) is 22.7 Å². The van der Waals surface area contributed by atoms with Gasteiger partial charge in [-0.2, -0.15) is 10.5 Å². The predicted molar refractivity (Wildman–Crippen MR) is 80.1 cm³/mol. The van der Waals surface area contributed by atoms with Crippen molar-refractivity contribution < 1.29 is 0 Å². The standard InChI is InChI=1S/C18H12N2/c19-11-9-17-15-7-3-1-5-13(15)14-6-2-4-8-16(14)18(17)10-12-20/h1-8H,9-10H2. The molecule has 3 rings (SSSR count). The molecule has 0 amide bonds. The minimum atomic E-state index is 0.336. The van der Waals surface area contributed by atoms with Crippen molar-refractivity contribution in [2.45, 2.75) is 12.8 Å². The summed E-state index contributed by atoms with van der Waals surface area (Å²) in [6.45, 7) is 0. The molecule has 0 aromatic heterocycles. The van der Waals surface area contributed by atoms with Gasteiger partial charge in [-0.25, -0.2) is 0 Å². The second-order valence-corrected chi connectivity index (χ2v) is 4.72. The molecule has 3 aromatic rings. The Hall–Kier alpha value is -2.84. The summed E-state index contributed by atoms with van der Waals surface area (Å²) >= 11 is 0. The molecule has 0 heterocycles. The summed E-state index contributed by atoms with van der Waals surface area (Å²) in [6, 6.07) is 20.7. The maximum absolute atomic E-state index is 9.11. The summed E-state index contributed by atoms with van der Waals surface area (Å²) in [4.78, 5) is 0. The molecule has 2 nitrogen and oxygen atoms in total. The zero-order valence-electron chi connectivity index (χ0n) is 10.9. The van der Waals surface area contributed by atoms with Gasteiger partial charge in [-0.15, -0.1) is 0 Å². The Bertz CT molecular complexity index is 805. The highest BCUT2D eigenvalue weighted by Crippen LogP contribution is 2.33. The Morgan fingerprint density at radius 1 is 0.600 bits per heavy atom. The maximum Gasteiger partial charge on any atom is 0.0670 e. The molecule has 0 bridgehead atoms. The molecule has 0 spiro atoms. The SMILES string of the molecule is N#CCc1c(CC#N)c2ccccc2c2ccccc12. The van der Waals surface area contributed by atoms with Crippen molar-refractivity contribution in [2.75, 3.05) is 0 Å². The fourth-order valence-electron chi connectivity index (χ4n) is 2.85. The average molecular weight is 256 g/mol. The molecule has 0 aliphatic carbocycles. The molecule has 0 saturated carbocycles. The molecule has 2 heteroatoms. The number of rotatable bonds is 2. The van der Waals surface area contributed by atoms with Crippen LogP contribution in [0.3, 0.4) is 0 Å². The zero-order chi connectivity index (χ0) is 13.9. The lowest BCUT2D eigenvalue weighted by Gasteiger charge is -2.13. The third kappa shape index (κ3) is 1.79. The summed E-state index contributed by atoms with van der Waals surface area (Å²) in [5.41, 5.74) is 1.98. The average Bonchev–Trinajstić information content (AvgIpc) is 2.51. The van der Waals surface area contributed by atoms with Crippen molar-refractivity contribution in [1.29, 1.82) is 10.5 Å². The highest BCUT2D eigenvalue weighted by Gasteiger charge is 2.13. The minimum absolute atomic E-state index is 0.336. The van der Waals surface area contributed by atoms with E-state index >= 15 is 0 Å². The van der Waals surface area contributed by atoms with Gasteiger partial charge in [0.05, 0.1) is 25.0 Å². The van der Waals surface area contributed by atoms with Gasteiger partial charge in [-0.1, -0.05) is 48.5 Å². The molecule has 20 heavy (non-hydrogen) atoms. The van der Waals surface area contributed by atoms with E-state index in [1.807, 2.05) is 36.4 Å². The van der Waals surface area contributed by atoms with Crippen LogP contribution in [-0.2, 0) is 12.8 Å². The Labute approximate surface area is 117 Å². The van der Waals surface area contributed by atoms with E-state index in [-0.39, 0.29) is 0 Å². The van der Waals surface area contributed by atoms with Crippen LogP contribution in [0.5, 0.6) is 0 Å². The third-order valence-electron chi connectivity index (χ3n) is 3.67. The fraction of sp³-hybridized carbons (Fsp3) is 0.111. The molecule has 0 radical (unpaired) electrons. The first-order valence-corrected chi connectivity index (χ1v) is 6.52. The normalized spacial score (nSPS) is 10.3. The minimum Gasteiger partial charge on any atom is -0.198 e. The Balaban J connectivity index is 2.56. The van der Waals surface area contributed by atoms with Crippen LogP contribution in [0.4, 0.5) is 0 Å². The second kappa shape index (κ2) is 5.03.